The molecule has 7 aliphatic rings. The second kappa shape index (κ2) is 9.28. The predicted octanol–water partition coefficient (Wildman–Crippen LogP) is 6.33. The Bertz CT molecular complexity index is 1310. The van der Waals surface area contributed by atoms with E-state index < -0.39 is 28.7 Å². The van der Waals surface area contributed by atoms with Crippen LogP contribution < -0.4 is 0 Å². The highest BCUT2D eigenvalue weighted by molar-refractivity contribution is 5.96. The molecule has 7 nitrogen and oxygen atoms in total. The van der Waals surface area contributed by atoms with E-state index in [-0.39, 0.29) is 51.2 Å². The Hall–Kier alpha value is -1.99. The van der Waals surface area contributed by atoms with Gasteiger partial charge in [-0.25, -0.2) is 4.79 Å². The van der Waals surface area contributed by atoms with Gasteiger partial charge in [-0.15, -0.1) is 0 Å². The molecule has 0 aromatic rings. The summed E-state index contributed by atoms with van der Waals surface area (Å²) in [5.74, 6) is -2.07. The molecular weight excluding hydrogens is 544 g/mol. The number of fused-ring (bicyclic) bond motifs is 7. The zero-order valence-corrected chi connectivity index (χ0v) is 27.7. The molecule has 6 fully saturated rings. The molecule has 2 heterocycles. The molecule has 2 bridgehead atoms. The summed E-state index contributed by atoms with van der Waals surface area (Å²) in [6.45, 7) is 17.2. The number of carbonyl (C=O) groups excluding carboxylic acids is 3. The number of esters is 2. The molecule has 9 atom stereocenters. The fourth-order valence-electron chi connectivity index (χ4n) is 11.7. The molecule has 0 aromatic heterocycles. The summed E-state index contributed by atoms with van der Waals surface area (Å²) in [5, 5.41) is 11.5. The van der Waals surface area contributed by atoms with Crippen LogP contribution in [0.1, 0.15) is 107 Å². The van der Waals surface area contributed by atoms with Crippen molar-refractivity contribution in [1.82, 2.24) is 0 Å². The fraction of sp³-hybridized carbons (Fsp3) is 0.806. The second-order valence-corrected chi connectivity index (χ2v) is 16.8. The van der Waals surface area contributed by atoms with E-state index >= 15 is 0 Å². The highest BCUT2D eigenvalue weighted by Gasteiger charge is 2.76. The van der Waals surface area contributed by atoms with E-state index in [0.717, 1.165) is 24.8 Å². The van der Waals surface area contributed by atoms with E-state index in [2.05, 4.69) is 41.5 Å². The van der Waals surface area contributed by atoms with Gasteiger partial charge in [-0.05, 0) is 87.0 Å². The molecule has 4 saturated carbocycles. The fourth-order valence-corrected chi connectivity index (χ4v) is 11.7. The predicted molar refractivity (Wildman–Crippen MR) is 161 cm³/mol. The quantitative estimate of drug-likeness (QED) is 0.300. The number of methoxy groups -OCH3 is 1. The van der Waals surface area contributed by atoms with E-state index in [9.17, 15) is 19.5 Å². The van der Waals surface area contributed by atoms with Crippen molar-refractivity contribution in [1.29, 1.82) is 0 Å². The van der Waals surface area contributed by atoms with Crippen LogP contribution in [0.25, 0.3) is 0 Å². The van der Waals surface area contributed by atoms with Gasteiger partial charge in [0.05, 0.1) is 13.7 Å². The summed E-state index contributed by atoms with van der Waals surface area (Å²) < 4.78 is 18.0. The molecule has 0 amide bonds. The van der Waals surface area contributed by atoms with Crippen LogP contribution in [0.15, 0.2) is 23.3 Å². The normalized spacial score (nSPS) is 47.7. The minimum absolute atomic E-state index is 0.133. The summed E-state index contributed by atoms with van der Waals surface area (Å²) in [6.07, 6.45) is 8.64. The lowest BCUT2D eigenvalue weighted by molar-refractivity contribution is -0.391. The molecule has 43 heavy (non-hydrogen) atoms. The van der Waals surface area contributed by atoms with Crippen molar-refractivity contribution in [2.75, 3.05) is 13.7 Å². The third-order valence-corrected chi connectivity index (χ3v) is 14.4. The maximum Gasteiger partial charge on any atom is 0.333 e. The summed E-state index contributed by atoms with van der Waals surface area (Å²) in [6, 6.07) is 0. The minimum Gasteiger partial charge on any atom is -0.468 e. The van der Waals surface area contributed by atoms with Gasteiger partial charge in [-0.1, -0.05) is 53.2 Å². The number of aliphatic hydroxyl groups is 1. The molecule has 5 aliphatic carbocycles. The molecule has 7 rings (SSSR count). The average molecular weight is 597 g/mol. The van der Waals surface area contributed by atoms with Gasteiger partial charge in [0.15, 0.2) is 11.6 Å². The van der Waals surface area contributed by atoms with E-state index in [1.165, 1.54) is 7.11 Å². The van der Waals surface area contributed by atoms with Crippen molar-refractivity contribution in [2.24, 2.45) is 50.2 Å². The standard InChI is InChI=1S/C36H52O7/c1-10-21(2)28(38)43-26-19-30(3,4)18-23-22-17-24(37)27-33(8,32(22,7)13-15-35(23,26)29(39)41-9)12-11-25-31(5,6)36(40)16-14-34(25,27)20-42-36/h10,17,23,25-27,40H,11-16,18-20H2,1-9H3/b21-10-/t23-,25?,26+,27-,32+,33+,34+,35-,36+/m0/s1. The third kappa shape index (κ3) is 3.70. The van der Waals surface area contributed by atoms with Crippen LogP contribution in [-0.2, 0) is 28.6 Å². The Kier molecular flexibility index (Phi) is 6.69. The monoisotopic (exact) mass is 596 g/mol. The highest BCUT2D eigenvalue weighted by atomic mass is 16.6. The van der Waals surface area contributed by atoms with Crippen molar-refractivity contribution in [2.45, 2.75) is 119 Å². The number of allylic oxidation sites excluding steroid dienone is 3. The lowest BCUT2D eigenvalue weighted by Crippen LogP contribution is -2.74. The van der Waals surface area contributed by atoms with Crippen LogP contribution >= 0.6 is 0 Å². The Morgan fingerprint density at radius 3 is 2.33 bits per heavy atom. The van der Waals surface area contributed by atoms with Crippen LogP contribution in [-0.4, -0.2) is 48.4 Å². The zero-order chi connectivity index (χ0) is 31.6. The first kappa shape index (κ1) is 31.0. The van der Waals surface area contributed by atoms with Gasteiger partial charge in [0, 0.05) is 34.7 Å². The van der Waals surface area contributed by atoms with Crippen molar-refractivity contribution in [3.8, 4) is 0 Å². The lowest BCUT2D eigenvalue weighted by atomic mass is 9.32. The van der Waals surface area contributed by atoms with Crippen LogP contribution in [0.4, 0.5) is 0 Å². The number of ketones is 1. The Morgan fingerprint density at radius 1 is 1.02 bits per heavy atom. The first-order chi connectivity index (χ1) is 19.9. The SMILES string of the molecule is C/C=C(/C)C(=O)O[C@@H]1CC(C)(C)C[C@H]2C3=CC(=O)[C@@H]4[C@]56CC[C@@](O)(OC5)C(C)(C)C6CC[C@@]4(C)[C@]3(C)CC[C@@]12C(=O)OC. The van der Waals surface area contributed by atoms with Gasteiger partial charge in [0.2, 0.25) is 0 Å². The van der Waals surface area contributed by atoms with E-state index in [4.69, 9.17) is 14.2 Å². The first-order valence-corrected chi connectivity index (χ1v) is 16.4. The molecule has 2 saturated heterocycles. The molecular formula is C36H52O7. The van der Waals surface area contributed by atoms with Gasteiger partial charge in [0.25, 0.3) is 0 Å². The molecule has 1 N–H and O–H groups in total. The Morgan fingerprint density at radius 2 is 1.72 bits per heavy atom. The number of ether oxygens (including phenoxy) is 3. The minimum atomic E-state index is -1.15. The van der Waals surface area contributed by atoms with Gasteiger partial charge in [0.1, 0.15) is 11.5 Å². The molecule has 0 radical (unpaired) electrons. The molecule has 238 valence electrons. The Balaban J connectivity index is 1.49. The number of rotatable bonds is 3. The third-order valence-electron chi connectivity index (χ3n) is 14.4. The topological polar surface area (TPSA) is 99.1 Å². The van der Waals surface area contributed by atoms with Gasteiger partial charge in [-0.2, -0.15) is 0 Å². The van der Waals surface area contributed by atoms with Gasteiger partial charge < -0.3 is 19.3 Å². The molecule has 2 aliphatic heterocycles. The van der Waals surface area contributed by atoms with Gasteiger partial charge >= 0.3 is 11.9 Å². The number of hydrogen-bond acceptors (Lipinski definition) is 7. The largest absolute Gasteiger partial charge is 0.468 e. The summed E-state index contributed by atoms with van der Waals surface area (Å²) in [5.41, 5.74) is -1.15. The first-order valence-electron chi connectivity index (χ1n) is 16.4. The van der Waals surface area contributed by atoms with Crippen LogP contribution in [0.3, 0.4) is 0 Å². The molecule has 1 unspecified atom stereocenters. The molecule has 1 spiro atoms. The Labute approximate surface area is 257 Å². The van der Waals surface area contributed by atoms with Crippen LogP contribution in [0, 0.1) is 50.2 Å². The van der Waals surface area contributed by atoms with E-state index in [1.807, 2.05) is 6.08 Å². The summed E-state index contributed by atoms with van der Waals surface area (Å²) in [4.78, 5) is 41.9. The molecule has 0 aromatic carbocycles. The van der Waals surface area contributed by atoms with Crippen LogP contribution in [0.2, 0.25) is 0 Å². The molecule has 7 heteroatoms. The van der Waals surface area contributed by atoms with Gasteiger partial charge in [-0.3, -0.25) is 9.59 Å². The summed E-state index contributed by atoms with van der Waals surface area (Å²) >= 11 is 0. The zero-order valence-electron chi connectivity index (χ0n) is 27.7. The maximum atomic E-state index is 14.7. The van der Waals surface area contributed by atoms with Crippen LogP contribution in [0.5, 0.6) is 0 Å². The average Bonchev–Trinajstić information content (AvgIpc) is 2.93. The van der Waals surface area contributed by atoms with Crippen molar-refractivity contribution >= 4 is 17.7 Å². The smallest absolute Gasteiger partial charge is 0.333 e. The second-order valence-electron chi connectivity index (χ2n) is 16.8. The highest BCUT2D eigenvalue weighted by Crippen LogP contribution is 2.77. The number of hydrogen-bond donors (Lipinski definition) is 1. The van der Waals surface area contributed by atoms with Crippen molar-refractivity contribution < 1.29 is 33.7 Å². The number of carbonyl (C=O) groups is 3. The maximum absolute atomic E-state index is 14.7. The van der Waals surface area contributed by atoms with E-state index in [0.29, 0.717) is 44.3 Å². The van der Waals surface area contributed by atoms with E-state index in [1.54, 1.807) is 19.9 Å². The lowest BCUT2D eigenvalue weighted by Gasteiger charge is -2.74. The van der Waals surface area contributed by atoms with Crippen molar-refractivity contribution in [3.63, 3.8) is 0 Å². The summed E-state index contributed by atoms with van der Waals surface area (Å²) in [7, 11) is 1.42. The van der Waals surface area contributed by atoms with Crippen molar-refractivity contribution in [3.05, 3.63) is 23.3 Å².